The summed E-state index contributed by atoms with van der Waals surface area (Å²) >= 11 is 0. The van der Waals surface area contributed by atoms with E-state index in [2.05, 4.69) is 9.97 Å². The average Bonchev–Trinajstić information content (AvgIpc) is 3.02. The van der Waals surface area contributed by atoms with E-state index < -0.39 is 11.2 Å². The third-order valence-corrected chi connectivity index (χ3v) is 7.69. The lowest BCUT2D eigenvalue weighted by Gasteiger charge is -2.33. The number of likely N-dealkylation sites (tertiary alicyclic amines) is 2. The van der Waals surface area contributed by atoms with Crippen molar-refractivity contribution in [3.8, 4) is 0 Å². The van der Waals surface area contributed by atoms with Crippen molar-refractivity contribution in [2.75, 3.05) is 26.2 Å². The molecule has 2 fully saturated rings. The van der Waals surface area contributed by atoms with Crippen LogP contribution in [0, 0.1) is 11.8 Å². The van der Waals surface area contributed by atoms with Crippen LogP contribution in [0.4, 0.5) is 9.59 Å². The number of carbonyl (C=O) groups is 4. The molecule has 250 valence electrons. The minimum atomic E-state index is -0.468. The Kier molecular flexibility index (Phi) is 13.5. The van der Waals surface area contributed by atoms with E-state index in [0.29, 0.717) is 55.6 Å². The molecule has 2 amide bonds. The van der Waals surface area contributed by atoms with Crippen LogP contribution in [0.3, 0.4) is 0 Å². The second-order valence-electron chi connectivity index (χ2n) is 13.9. The van der Waals surface area contributed by atoms with Crippen LogP contribution < -0.4 is 0 Å². The lowest BCUT2D eigenvalue weighted by Crippen LogP contribution is -2.41. The Bertz CT molecular complexity index is 1300. The second-order valence-corrected chi connectivity index (χ2v) is 13.9. The Balaban J connectivity index is 0.000000250. The van der Waals surface area contributed by atoms with E-state index >= 15 is 0 Å². The summed E-state index contributed by atoms with van der Waals surface area (Å²) < 4.78 is 10.8. The molecule has 0 unspecified atom stereocenters. The number of carbonyl (C=O) groups excluding carboxylic acids is 4. The Labute approximate surface area is 273 Å². The fraction of sp³-hybridized carbons (Fsp3) is 0.556. The molecule has 4 heterocycles. The first-order valence-corrected chi connectivity index (χ1v) is 16.2. The number of ether oxygens (including phenoxy) is 2. The molecule has 2 aromatic heterocycles. The molecule has 0 saturated carbocycles. The number of allylic oxidation sites excluding steroid dienone is 2. The Morgan fingerprint density at radius 1 is 0.761 bits per heavy atom. The molecule has 46 heavy (non-hydrogen) atoms. The maximum absolute atomic E-state index is 12.1. The first-order chi connectivity index (χ1) is 21.7. The number of hydrogen-bond acceptors (Lipinski definition) is 8. The van der Waals surface area contributed by atoms with Crippen molar-refractivity contribution in [1.82, 2.24) is 19.8 Å². The number of amides is 2. The molecule has 0 aromatic carbocycles. The summed E-state index contributed by atoms with van der Waals surface area (Å²) in [6.07, 6.45) is 14.5. The van der Waals surface area contributed by atoms with E-state index in [1.807, 2.05) is 47.6 Å². The van der Waals surface area contributed by atoms with Gasteiger partial charge in [-0.1, -0.05) is 6.08 Å². The summed E-state index contributed by atoms with van der Waals surface area (Å²) in [6, 6.07) is 7.10. The number of piperidine rings is 2. The number of aromatic nitrogens is 2. The Morgan fingerprint density at radius 3 is 1.70 bits per heavy atom. The highest BCUT2D eigenvalue weighted by Crippen LogP contribution is 2.24. The largest absolute Gasteiger partial charge is 0.444 e. The van der Waals surface area contributed by atoms with Crippen molar-refractivity contribution in [2.24, 2.45) is 11.8 Å². The van der Waals surface area contributed by atoms with Gasteiger partial charge in [-0.3, -0.25) is 19.6 Å². The highest BCUT2D eigenvalue weighted by atomic mass is 16.6. The van der Waals surface area contributed by atoms with Gasteiger partial charge in [-0.15, -0.1) is 0 Å². The lowest BCUT2D eigenvalue weighted by molar-refractivity contribution is 0.0175. The number of hydrogen-bond donors (Lipinski definition) is 0. The molecule has 0 N–H and O–H groups in total. The molecular weight excluding hydrogens is 584 g/mol. The van der Waals surface area contributed by atoms with Gasteiger partial charge in [-0.25, -0.2) is 9.59 Å². The summed E-state index contributed by atoms with van der Waals surface area (Å²) in [4.78, 5) is 59.5. The van der Waals surface area contributed by atoms with E-state index in [1.54, 1.807) is 64.9 Å². The van der Waals surface area contributed by atoms with Crippen LogP contribution in [-0.4, -0.2) is 80.9 Å². The van der Waals surface area contributed by atoms with Crippen molar-refractivity contribution < 1.29 is 28.7 Å². The zero-order valence-electron chi connectivity index (χ0n) is 28.2. The molecule has 0 spiro atoms. The maximum atomic E-state index is 12.1. The normalized spacial score (nSPS) is 16.4. The van der Waals surface area contributed by atoms with E-state index in [4.69, 9.17) is 9.47 Å². The van der Waals surface area contributed by atoms with Crippen LogP contribution in [0.15, 0.2) is 61.2 Å². The number of rotatable bonds is 7. The first-order valence-electron chi connectivity index (χ1n) is 16.2. The van der Waals surface area contributed by atoms with Crippen LogP contribution >= 0.6 is 0 Å². The van der Waals surface area contributed by atoms with Gasteiger partial charge in [0.05, 0.1) is 0 Å². The van der Waals surface area contributed by atoms with Gasteiger partial charge < -0.3 is 19.3 Å². The molecule has 0 atom stereocenters. The quantitative estimate of drug-likeness (QED) is 0.233. The van der Waals surface area contributed by atoms with Crippen LogP contribution in [0.1, 0.15) is 101 Å². The van der Waals surface area contributed by atoms with E-state index in [0.717, 1.165) is 32.1 Å². The molecule has 10 nitrogen and oxygen atoms in total. The molecule has 0 aliphatic carbocycles. The van der Waals surface area contributed by atoms with Gasteiger partial charge in [0.15, 0.2) is 11.6 Å². The van der Waals surface area contributed by atoms with Crippen molar-refractivity contribution >= 4 is 23.8 Å². The molecule has 0 radical (unpaired) electrons. The molecular formula is C36H50N4O6. The van der Waals surface area contributed by atoms with Gasteiger partial charge in [-0.2, -0.15) is 0 Å². The van der Waals surface area contributed by atoms with Crippen LogP contribution in [0.2, 0.25) is 0 Å². The molecule has 10 heteroatoms. The number of nitrogens with zero attached hydrogens (tertiary/aromatic N) is 4. The standard InChI is InChI=1S/C18H26N2O3.C18H24N2O3/c2*1-18(2,3)23-17(22)20-11-8-14(9-12-20)6-7-16(21)15-5-4-10-19-13-15/h4-5,10,13-14H,6-9,11-12H2,1-3H3;4-7,10,13-14H,8-9,11-12H2,1-3H3. The van der Waals surface area contributed by atoms with E-state index in [9.17, 15) is 19.2 Å². The van der Waals surface area contributed by atoms with Crippen molar-refractivity contribution in [2.45, 2.75) is 91.3 Å². The minimum Gasteiger partial charge on any atom is -0.444 e. The fourth-order valence-corrected chi connectivity index (χ4v) is 5.17. The monoisotopic (exact) mass is 634 g/mol. The molecule has 2 aliphatic heterocycles. The van der Waals surface area contributed by atoms with Gasteiger partial charge in [0, 0.05) is 68.5 Å². The molecule has 2 aromatic rings. The van der Waals surface area contributed by atoms with Crippen molar-refractivity contribution in [3.63, 3.8) is 0 Å². The third kappa shape index (κ3) is 13.1. The summed E-state index contributed by atoms with van der Waals surface area (Å²) in [5.41, 5.74) is 0.349. The zero-order valence-corrected chi connectivity index (χ0v) is 28.2. The first kappa shape index (κ1) is 36.4. The minimum absolute atomic E-state index is 0.0346. The highest BCUT2D eigenvalue weighted by Gasteiger charge is 2.28. The second kappa shape index (κ2) is 17.0. The fourth-order valence-electron chi connectivity index (χ4n) is 5.17. The predicted octanol–water partition coefficient (Wildman–Crippen LogP) is 7.16. The van der Waals surface area contributed by atoms with Gasteiger partial charge in [-0.05, 0) is 116 Å². The van der Waals surface area contributed by atoms with Gasteiger partial charge >= 0.3 is 12.2 Å². The smallest absolute Gasteiger partial charge is 0.410 e. The van der Waals surface area contributed by atoms with Crippen molar-refractivity contribution in [3.05, 3.63) is 72.3 Å². The van der Waals surface area contributed by atoms with E-state index in [-0.39, 0.29) is 23.8 Å². The summed E-state index contributed by atoms with van der Waals surface area (Å²) in [6.45, 7) is 14.0. The summed E-state index contributed by atoms with van der Waals surface area (Å²) in [7, 11) is 0. The summed E-state index contributed by atoms with van der Waals surface area (Å²) in [5.74, 6) is 0.920. The number of pyridine rings is 2. The third-order valence-electron chi connectivity index (χ3n) is 7.69. The Hall–Kier alpha value is -4.08. The lowest BCUT2D eigenvalue weighted by atomic mass is 9.90. The zero-order chi connectivity index (χ0) is 33.7. The van der Waals surface area contributed by atoms with Crippen LogP contribution in [0.5, 0.6) is 0 Å². The average molecular weight is 635 g/mol. The van der Waals surface area contributed by atoms with Gasteiger partial charge in [0.25, 0.3) is 0 Å². The van der Waals surface area contributed by atoms with Crippen LogP contribution in [-0.2, 0) is 9.47 Å². The summed E-state index contributed by atoms with van der Waals surface area (Å²) in [5, 5.41) is 0. The molecule has 4 rings (SSSR count). The molecule has 2 aliphatic rings. The Morgan fingerprint density at radius 2 is 1.24 bits per heavy atom. The number of Topliss-reactive ketones (excluding diaryl/α,β-unsaturated/α-hetero) is 1. The maximum Gasteiger partial charge on any atom is 0.410 e. The van der Waals surface area contributed by atoms with Crippen molar-refractivity contribution in [1.29, 1.82) is 0 Å². The predicted molar refractivity (Wildman–Crippen MR) is 177 cm³/mol. The van der Waals surface area contributed by atoms with Gasteiger partial charge in [0.1, 0.15) is 11.2 Å². The number of ketones is 2. The SMILES string of the molecule is CC(C)(C)OC(=O)N1CCC(C=CC(=O)c2cccnc2)CC1.CC(C)(C)OC(=O)N1CCC(CCC(=O)c2cccnc2)CC1. The highest BCUT2D eigenvalue weighted by molar-refractivity contribution is 6.04. The topological polar surface area (TPSA) is 119 Å². The van der Waals surface area contributed by atoms with Crippen LogP contribution in [0.25, 0.3) is 0 Å². The van der Waals surface area contributed by atoms with Gasteiger partial charge in [0.2, 0.25) is 0 Å². The molecule has 2 saturated heterocycles. The van der Waals surface area contributed by atoms with E-state index in [1.165, 1.54) is 0 Å². The molecule has 0 bridgehead atoms.